The van der Waals surface area contributed by atoms with E-state index in [1.165, 1.54) is 30.3 Å². The first-order chi connectivity index (χ1) is 17.8. The molecule has 0 fully saturated rings. The molecule has 1 heterocycles. The van der Waals surface area contributed by atoms with Crippen molar-refractivity contribution in [1.29, 1.82) is 0 Å². The summed E-state index contributed by atoms with van der Waals surface area (Å²) in [6, 6.07) is 10.5. The van der Waals surface area contributed by atoms with Gasteiger partial charge in [0.25, 0.3) is 17.7 Å². The van der Waals surface area contributed by atoms with Gasteiger partial charge in [0, 0.05) is 16.9 Å². The van der Waals surface area contributed by atoms with Crippen LogP contribution in [0.15, 0.2) is 65.3 Å². The highest BCUT2D eigenvalue weighted by Crippen LogP contribution is 2.36. The molecule has 4 rings (SSSR count). The molecule has 13 heteroatoms. The van der Waals surface area contributed by atoms with Crippen LogP contribution in [0.3, 0.4) is 0 Å². The zero-order chi connectivity index (χ0) is 27.9. The monoisotopic (exact) mass is 585 g/mol. The highest BCUT2D eigenvalue weighted by molar-refractivity contribution is 6.53. The fourth-order valence-corrected chi connectivity index (χ4v) is 4.14. The van der Waals surface area contributed by atoms with Crippen molar-refractivity contribution in [3.05, 3.63) is 97.9 Å². The lowest BCUT2D eigenvalue weighted by Gasteiger charge is -2.16. The molecule has 0 saturated carbocycles. The molecule has 1 aliphatic rings. The molecule has 0 aliphatic carbocycles. The standard InChI is InChI=1S/C25H14Cl3F4N3O3/c1-11-2-3-12(22(36)33-13-4-6-16(26)15(9-13)25(30,31)32)8-19(11)34-21-20(28)23(37)35(24(21)38)14-5-7-18(29)17(27)10-14/h2-10,34H,1H3,(H,33,36). The fraction of sp³-hybridized carbons (Fsp3) is 0.0800. The maximum Gasteiger partial charge on any atom is 0.417 e. The fourth-order valence-electron chi connectivity index (χ4n) is 3.53. The first-order valence-corrected chi connectivity index (χ1v) is 11.7. The van der Waals surface area contributed by atoms with Crippen molar-refractivity contribution in [3.63, 3.8) is 0 Å². The highest BCUT2D eigenvalue weighted by Gasteiger charge is 2.39. The number of imide groups is 1. The largest absolute Gasteiger partial charge is 0.417 e. The van der Waals surface area contributed by atoms with Gasteiger partial charge in [-0.05, 0) is 61.0 Å². The molecule has 196 valence electrons. The van der Waals surface area contributed by atoms with Crippen LogP contribution in [-0.2, 0) is 15.8 Å². The van der Waals surface area contributed by atoms with Crippen LogP contribution in [0.4, 0.5) is 34.6 Å². The second-order valence-electron chi connectivity index (χ2n) is 8.03. The molecule has 0 bridgehead atoms. The van der Waals surface area contributed by atoms with Crippen LogP contribution in [0.5, 0.6) is 0 Å². The van der Waals surface area contributed by atoms with E-state index in [2.05, 4.69) is 10.6 Å². The number of aryl methyl sites for hydroxylation is 1. The molecule has 0 unspecified atom stereocenters. The van der Waals surface area contributed by atoms with Crippen LogP contribution in [0, 0.1) is 12.7 Å². The topological polar surface area (TPSA) is 78.5 Å². The number of halogens is 7. The summed E-state index contributed by atoms with van der Waals surface area (Å²) in [7, 11) is 0. The molecule has 0 atom stereocenters. The molecule has 2 N–H and O–H groups in total. The Labute approximate surface area is 227 Å². The SMILES string of the molecule is Cc1ccc(C(=O)Nc2ccc(Cl)c(C(F)(F)F)c2)cc1NC1=C(Cl)C(=O)N(c2ccc(F)c(Cl)c2)C1=O. The van der Waals surface area contributed by atoms with Crippen molar-refractivity contribution in [1.82, 2.24) is 0 Å². The summed E-state index contributed by atoms with van der Waals surface area (Å²) in [5.74, 6) is -3.22. The van der Waals surface area contributed by atoms with Crippen molar-refractivity contribution in [2.24, 2.45) is 0 Å². The molecule has 0 spiro atoms. The van der Waals surface area contributed by atoms with E-state index in [9.17, 15) is 31.9 Å². The Balaban J connectivity index is 1.58. The van der Waals surface area contributed by atoms with Crippen LogP contribution < -0.4 is 15.5 Å². The summed E-state index contributed by atoms with van der Waals surface area (Å²) < 4.78 is 53.0. The van der Waals surface area contributed by atoms with Gasteiger partial charge in [-0.1, -0.05) is 40.9 Å². The zero-order valence-electron chi connectivity index (χ0n) is 19.0. The highest BCUT2D eigenvalue weighted by atomic mass is 35.5. The number of benzene rings is 3. The van der Waals surface area contributed by atoms with Crippen molar-refractivity contribution >= 4 is 69.6 Å². The smallest absolute Gasteiger partial charge is 0.349 e. The molecule has 0 aromatic heterocycles. The Bertz CT molecular complexity index is 1540. The Morgan fingerprint density at radius 3 is 2.26 bits per heavy atom. The third-order valence-electron chi connectivity index (χ3n) is 5.48. The van der Waals surface area contributed by atoms with Gasteiger partial charge in [0.1, 0.15) is 16.5 Å². The van der Waals surface area contributed by atoms with Crippen molar-refractivity contribution in [3.8, 4) is 0 Å². The lowest BCUT2D eigenvalue weighted by molar-refractivity contribution is -0.137. The number of hydrogen-bond donors (Lipinski definition) is 2. The predicted octanol–water partition coefficient (Wildman–Crippen LogP) is 7.15. The Hall–Kier alpha value is -3.60. The Morgan fingerprint density at radius 1 is 0.895 bits per heavy atom. The van der Waals surface area contributed by atoms with Crippen LogP contribution in [0.1, 0.15) is 21.5 Å². The molecule has 38 heavy (non-hydrogen) atoms. The number of nitrogens with one attached hydrogen (secondary N) is 2. The van der Waals surface area contributed by atoms with E-state index < -0.39 is 45.3 Å². The molecule has 6 nitrogen and oxygen atoms in total. The third kappa shape index (κ3) is 5.33. The maximum absolute atomic E-state index is 13.5. The van der Waals surface area contributed by atoms with Gasteiger partial charge in [-0.3, -0.25) is 14.4 Å². The molecule has 0 radical (unpaired) electrons. The summed E-state index contributed by atoms with van der Waals surface area (Å²) in [4.78, 5) is 39.2. The maximum atomic E-state index is 13.5. The van der Waals surface area contributed by atoms with Crippen molar-refractivity contribution in [2.75, 3.05) is 15.5 Å². The van der Waals surface area contributed by atoms with E-state index in [1.807, 2.05) is 0 Å². The molecule has 3 amide bonds. The van der Waals surface area contributed by atoms with E-state index >= 15 is 0 Å². The quantitative estimate of drug-likeness (QED) is 0.246. The number of amides is 3. The van der Waals surface area contributed by atoms with Crippen molar-refractivity contribution in [2.45, 2.75) is 13.1 Å². The van der Waals surface area contributed by atoms with Crippen LogP contribution in [-0.4, -0.2) is 17.7 Å². The third-order valence-corrected chi connectivity index (χ3v) is 6.45. The minimum Gasteiger partial charge on any atom is -0.349 e. The number of alkyl halides is 3. The second kappa shape index (κ2) is 10.3. The lowest BCUT2D eigenvalue weighted by Crippen LogP contribution is -2.32. The number of anilines is 3. The van der Waals surface area contributed by atoms with Gasteiger partial charge < -0.3 is 10.6 Å². The first-order valence-electron chi connectivity index (χ1n) is 10.6. The predicted molar refractivity (Wildman–Crippen MR) is 136 cm³/mol. The number of hydrogen-bond acceptors (Lipinski definition) is 4. The van der Waals surface area contributed by atoms with Gasteiger partial charge in [0.05, 0.1) is 21.3 Å². The van der Waals surface area contributed by atoms with E-state index in [0.717, 1.165) is 18.2 Å². The van der Waals surface area contributed by atoms with Crippen LogP contribution >= 0.6 is 34.8 Å². The number of nitrogens with zero attached hydrogens (tertiary/aromatic N) is 1. The second-order valence-corrected chi connectivity index (χ2v) is 9.23. The van der Waals surface area contributed by atoms with E-state index in [1.54, 1.807) is 6.92 Å². The average molecular weight is 587 g/mol. The van der Waals surface area contributed by atoms with Crippen LogP contribution in [0.25, 0.3) is 0 Å². The van der Waals surface area contributed by atoms with Gasteiger partial charge >= 0.3 is 6.18 Å². The van der Waals surface area contributed by atoms with Gasteiger partial charge in [0.15, 0.2) is 0 Å². The molecule has 3 aromatic carbocycles. The summed E-state index contributed by atoms with van der Waals surface area (Å²) in [5, 5.41) is 3.83. The van der Waals surface area contributed by atoms with E-state index in [0.29, 0.717) is 16.5 Å². The molecular weight excluding hydrogens is 573 g/mol. The number of carbonyl (C=O) groups is 3. The summed E-state index contributed by atoms with van der Waals surface area (Å²) >= 11 is 17.5. The summed E-state index contributed by atoms with van der Waals surface area (Å²) in [5.41, 5.74) is -0.764. The molecule has 1 aliphatic heterocycles. The van der Waals surface area contributed by atoms with Gasteiger partial charge in [-0.25, -0.2) is 9.29 Å². The average Bonchev–Trinajstić information content (AvgIpc) is 3.05. The van der Waals surface area contributed by atoms with E-state index in [-0.39, 0.29) is 33.3 Å². The van der Waals surface area contributed by atoms with Gasteiger partial charge in [-0.2, -0.15) is 13.2 Å². The Morgan fingerprint density at radius 2 is 1.61 bits per heavy atom. The first kappa shape index (κ1) is 27.4. The number of carbonyl (C=O) groups excluding carboxylic acids is 3. The minimum absolute atomic E-state index is 0.00705. The lowest BCUT2D eigenvalue weighted by atomic mass is 10.1. The number of rotatable bonds is 5. The molecular formula is C25H14Cl3F4N3O3. The van der Waals surface area contributed by atoms with Crippen molar-refractivity contribution < 1.29 is 31.9 Å². The summed E-state index contributed by atoms with van der Waals surface area (Å²) in [6.07, 6.45) is -4.72. The van der Waals surface area contributed by atoms with Crippen LogP contribution in [0.2, 0.25) is 10.0 Å². The molecule has 0 saturated heterocycles. The van der Waals surface area contributed by atoms with Gasteiger partial charge in [0.2, 0.25) is 0 Å². The molecule has 3 aromatic rings. The Kier molecular flexibility index (Phi) is 7.42. The normalized spacial score (nSPS) is 13.8. The van der Waals surface area contributed by atoms with Gasteiger partial charge in [-0.15, -0.1) is 0 Å². The minimum atomic E-state index is -4.72. The summed E-state index contributed by atoms with van der Waals surface area (Å²) in [6.45, 7) is 1.64. The van der Waals surface area contributed by atoms with E-state index in [4.69, 9.17) is 34.8 Å². The zero-order valence-corrected chi connectivity index (χ0v) is 21.3.